The maximum atomic E-state index is 11.2. The predicted octanol–water partition coefficient (Wildman–Crippen LogP) is 3.17. The van der Waals surface area contributed by atoms with E-state index in [9.17, 15) is 4.79 Å². The van der Waals surface area contributed by atoms with Crippen molar-refractivity contribution >= 4 is 23.3 Å². The molecule has 0 unspecified atom stereocenters. The van der Waals surface area contributed by atoms with Gasteiger partial charge in [0, 0.05) is 46.7 Å². The fourth-order valence-corrected chi connectivity index (χ4v) is 3.07. The van der Waals surface area contributed by atoms with Gasteiger partial charge in [-0.25, -0.2) is 0 Å². The van der Waals surface area contributed by atoms with E-state index in [2.05, 4.69) is 31.1 Å². The van der Waals surface area contributed by atoms with Crippen LogP contribution in [-0.2, 0) is 13.0 Å². The van der Waals surface area contributed by atoms with Crippen LogP contribution < -0.4 is 11.1 Å². The molecule has 2 rings (SSSR count). The van der Waals surface area contributed by atoms with E-state index >= 15 is 0 Å². The number of nitrogens with zero attached hydrogens (tertiary/aromatic N) is 1. The van der Waals surface area contributed by atoms with Gasteiger partial charge in [-0.3, -0.25) is 9.79 Å². The third-order valence-electron chi connectivity index (χ3n) is 3.47. The van der Waals surface area contributed by atoms with Gasteiger partial charge in [-0.15, -0.1) is 11.3 Å². The molecule has 3 N–H and O–H groups in total. The molecule has 122 valence electrons. The SMILES string of the molecule is CC(=O)c1csc2c1CCNC2.CN=C/C=C(\N)C(C)(C)C. The van der Waals surface area contributed by atoms with E-state index in [4.69, 9.17) is 5.73 Å². The van der Waals surface area contributed by atoms with Crippen LogP contribution >= 0.6 is 11.3 Å². The number of rotatable bonds is 2. The van der Waals surface area contributed by atoms with Crippen LogP contribution in [0.25, 0.3) is 0 Å². The summed E-state index contributed by atoms with van der Waals surface area (Å²) in [7, 11) is 1.73. The van der Waals surface area contributed by atoms with Gasteiger partial charge in [-0.1, -0.05) is 20.8 Å². The first kappa shape index (κ1) is 18.6. The summed E-state index contributed by atoms with van der Waals surface area (Å²) in [6.07, 6.45) is 4.55. The molecule has 1 aromatic heterocycles. The van der Waals surface area contributed by atoms with Crippen molar-refractivity contribution in [2.45, 2.75) is 40.7 Å². The monoisotopic (exact) mass is 321 g/mol. The lowest BCUT2D eigenvalue weighted by Crippen LogP contribution is -2.23. The molecule has 0 radical (unpaired) electrons. The number of ketones is 1. The predicted molar refractivity (Wildman–Crippen MR) is 95.9 cm³/mol. The fourth-order valence-electron chi connectivity index (χ4n) is 1.96. The molecular weight excluding hydrogens is 294 g/mol. The van der Waals surface area contributed by atoms with E-state index in [1.807, 2.05) is 11.5 Å². The van der Waals surface area contributed by atoms with E-state index < -0.39 is 0 Å². The lowest BCUT2D eigenvalue weighted by Gasteiger charge is -2.17. The van der Waals surface area contributed by atoms with Crippen molar-refractivity contribution in [3.63, 3.8) is 0 Å². The summed E-state index contributed by atoms with van der Waals surface area (Å²) in [5, 5.41) is 5.28. The van der Waals surface area contributed by atoms with Crippen LogP contribution in [0.4, 0.5) is 0 Å². The number of fused-ring (bicyclic) bond motifs is 1. The van der Waals surface area contributed by atoms with E-state index in [-0.39, 0.29) is 11.2 Å². The summed E-state index contributed by atoms with van der Waals surface area (Å²) in [5.41, 5.74) is 8.85. The number of carbonyl (C=O) groups excluding carboxylic acids is 1. The van der Waals surface area contributed by atoms with Crippen molar-refractivity contribution < 1.29 is 4.79 Å². The Labute approximate surface area is 137 Å². The van der Waals surface area contributed by atoms with Crippen molar-refractivity contribution in [1.29, 1.82) is 0 Å². The Bertz CT molecular complexity index is 565. The molecule has 0 fully saturated rings. The van der Waals surface area contributed by atoms with Crippen LogP contribution in [0.15, 0.2) is 22.1 Å². The number of carbonyl (C=O) groups is 1. The molecule has 22 heavy (non-hydrogen) atoms. The highest BCUT2D eigenvalue weighted by Crippen LogP contribution is 2.25. The lowest BCUT2D eigenvalue weighted by molar-refractivity contribution is 0.101. The fraction of sp³-hybridized carbons (Fsp3) is 0.529. The Morgan fingerprint density at radius 1 is 1.45 bits per heavy atom. The Balaban J connectivity index is 0.000000225. The zero-order valence-electron chi connectivity index (χ0n) is 14.2. The molecular formula is C17H27N3OS. The highest BCUT2D eigenvalue weighted by Gasteiger charge is 2.16. The number of hydrogen-bond acceptors (Lipinski definition) is 5. The minimum absolute atomic E-state index is 0.0567. The van der Waals surface area contributed by atoms with Crippen molar-refractivity contribution in [2.24, 2.45) is 16.1 Å². The molecule has 0 saturated heterocycles. The van der Waals surface area contributed by atoms with Crippen LogP contribution in [0.5, 0.6) is 0 Å². The van der Waals surface area contributed by atoms with Crippen LogP contribution in [0, 0.1) is 5.41 Å². The third kappa shape index (κ3) is 5.39. The summed E-state index contributed by atoms with van der Waals surface area (Å²) in [4.78, 5) is 16.3. The first-order valence-corrected chi connectivity index (χ1v) is 8.34. The first-order chi connectivity index (χ1) is 10.3. The molecule has 1 aromatic rings. The Morgan fingerprint density at radius 2 is 2.14 bits per heavy atom. The molecule has 0 atom stereocenters. The standard InChI is InChI=1S/C9H11NOS.C8H16N2/c1-6(11)8-5-12-9-4-10-3-2-7(8)9;1-8(2,3)7(9)5-6-10-4/h5,10H,2-4H2,1H3;5-6H,9H2,1-4H3/b;7-5-,10-6?. The number of aliphatic imine (C=N–C) groups is 1. The van der Waals surface area contributed by atoms with Gasteiger partial charge < -0.3 is 11.1 Å². The van der Waals surface area contributed by atoms with E-state index in [1.54, 1.807) is 31.5 Å². The maximum absolute atomic E-state index is 11.2. The highest BCUT2D eigenvalue weighted by molar-refractivity contribution is 7.10. The molecule has 2 heterocycles. The van der Waals surface area contributed by atoms with Gasteiger partial charge in [0.2, 0.25) is 0 Å². The largest absolute Gasteiger partial charge is 0.402 e. The van der Waals surface area contributed by atoms with Crippen LogP contribution in [0.1, 0.15) is 48.5 Å². The van der Waals surface area contributed by atoms with E-state index in [1.165, 1.54) is 10.4 Å². The van der Waals surface area contributed by atoms with Crippen molar-refractivity contribution in [3.8, 4) is 0 Å². The Hall–Kier alpha value is -1.46. The van der Waals surface area contributed by atoms with E-state index in [0.29, 0.717) is 0 Å². The summed E-state index contributed by atoms with van der Waals surface area (Å²) >= 11 is 1.70. The Morgan fingerprint density at radius 3 is 2.68 bits per heavy atom. The van der Waals surface area contributed by atoms with Gasteiger partial charge >= 0.3 is 0 Å². The molecule has 0 saturated carbocycles. The number of hydrogen-bond donors (Lipinski definition) is 2. The second kappa shape index (κ2) is 8.25. The quantitative estimate of drug-likeness (QED) is 0.649. The van der Waals surface area contributed by atoms with Crippen LogP contribution in [0.2, 0.25) is 0 Å². The number of thiophene rings is 1. The summed E-state index contributed by atoms with van der Waals surface area (Å²) in [6.45, 7) is 9.80. The maximum Gasteiger partial charge on any atom is 0.160 e. The zero-order valence-corrected chi connectivity index (χ0v) is 15.0. The summed E-state index contributed by atoms with van der Waals surface area (Å²) in [6, 6.07) is 0. The van der Waals surface area contributed by atoms with Crippen molar-refractivity contribution in [2.75, 3.05) is 13.6 Å². The summed E-state index contributed by atoms with van der Waals surface area (Å²) in [5.74, 6) is 0.203. The highest BCUT2D eigenvalue weighted by atomic mass is 32.1. The topological polar surface area (TPSA) is 67.5 Å². The summed E-state index contributed by atoms with van der Waals surface area (Å²) < 4.78 is 0. The van der Waals surface area contributed by atoms with Crippen molar-refractivity contribution in [3.05, 3.63) is 33.2 Å². The molecule has 0 amide bonds. The number of nitrogens with two attached hydrogens (primary N) is 1. The molecule has 5 heteroatoms. The Kier molecular flexibility index (Phi) is 6.97. The zero-order chi connectivity index (χ0) is 16.8. The molecule has 1 aliphatic rings. The lowest BCUT2D eigenvalue weighted by atomic mass is 9.92. The van der Waals surface area contributed by atoms with Gasteiger partial charge in [-0.05, 0) is 31.5 Å². The molecule has 1 aliphatic heterocycles. The second-order valence-corrected chi connectivity index (χ2v) is 7.28. The van der Waals surface area contributed by atoms with Crippen LogP contribution in [0.3, 0.4) is 0 Å². The molecule has 0 spiro atoms. The van der Waals surface area contributed by atoms with E-state index in [0.717, 1.165) is 30.8 Å². The molecule has 4 nitrogen and oxygen atoms in total. The van der Waals surface area contributed by atoms with Gasteiger partial charge in [0.25, 0.3) is 0 Å². The smallest absolute Gasteiger partial charge is 0.160 e. The van der Waals surface area contributed by atoms with Gasteiger partial charge in [0.15, 0.2) is 5.78 Å². The van der Waals surface area contributed by atoms with Crippen molar-refractivity contribution in [1.82, 2.24) is 5.32 Å². The molecule has 0 aliphatic carbocycles. The molecule has 0 bridgehead atoms. The number of Topliss-reactive ketones (excluding diaryl/α,β-unsaturated/α-hetero) is 1. The average molecular weight is 321 g/mol. The minimum Gasteiger partial charge on any atom is -0.402 e. The van der Waals surface area contributed by atoms with Crippen LogP contribution in [-0.4, -0.2) is 25.6 Å². The first-order valence-electron chi connectivity index (χ1n) is 7.46. The normalized spacial score (nSPS) is 15.2. The second-order valence-electron chi connectivity index (χ2n) is 6.31. The van der Waals surface area contributed by atoms with Gasteiger partial charge in [0.1, 0.15) is 0 Å². The average Bonchev–Trinajstić information content (AvgIpc) is 2.88. The number of nitrogens with one attached hydrogen (secondary N) is 1. The number of allylic oxidation sites excluding steroid dienone is 2. The molecule has 0 aromatic carbocycles. The van der Waals surface area contributed by atoms with Gasteiger partial charge in [0.05, 0.1) is 0 Å². The van der Waals surface area contributed by atoms with Gasteiger partial charge in [-0.2, -0.15) is 0 Å². The minimum atomic E-state index is 0.0567. The third-order valence-corrected chi connectivity index (χ3v) is 4.50.